The number of hydrogen-bond donors (Lipinski definition) is 1. The maximum Gasteiger partial charge on any atom is 0.416 e. The number of hydrogen-bond acceptors (Lipinski definition) is 3. The smallest absolute Gasteiger partial charge is 0.416 e. The van der Waals surface area contributed by atoms with Crippen molar-refractivity contribution >= 4 is 23.3 Å². The Morgan fingerprint density at radius 2 is 1.77 bits per heavy atom. The molecule has 2 aromatic carbocycles. The van der Waals surface area contributed by atoms with E-state index in [-0.39, 0.29) is 22.9 Å². The molecule has 1 aliphatic rings. The van der Waals surface area contributed by atoms with E-state index >= 15 is 0 Å². The van der Waals surface area contributed by atoms with Crippen molar-refractivity contribution in [1.82, 2.24) is 0 Å². The molecule has 0 saturated carbocycles. The van der Waals surface area contributed by atoms with Gasteiger partial charge in [0.15, 0.2) is 0 Å². The Morgan fingerprint density at radius 3 is 2.32 bits per heavy atom. The Balaban J connectivity index is 2.33. The summed E-state index contributed by atoms with van der Waals surface area (Å²) in [5, 5.41) is 9.40. The summed E-state index contributed by atoms with van der Waals surface area (Å²) in [6.45, 7) is 3.15. The number of halogens is 3. The first-order valence-corrected chi connectivity index (χ1v) is 10.0. The molecule has 0 fully saturated rings. The van der Waals surface area contributed by atoms with Gasteiger partial charge in [0.05, 0.1) is 17.0 Å². The predicted octanol–water partition coefficient (Wildman–Crippen LogP) is 4.78. The average Bonchev–Trinajstić information content (AvgIpc) is 2.84. The van der Waals surface area contributed by atoms with Gasteiger partial charge >= 0.3 is 12.1 Å². The van der Waals surface area contributed by atoms with E-state index in [9.17, 15) is 27.9 Å². The lowest BCUT2D eigenvalue weighted by atomic mass is 9.93. The van der Waals surface area contributed by atoms with Crippen molar-refractivity contribution in [3.8, 4) is 0 Å². The summed E-state index contributed by atoms with van der Waals surface area (Å²) in [7, 11) is 0. The van der Waals surface area contributed by atoms with Crippen LogP contribution < -0.4 is 4.90 Å². The molecule has 164 valence electrons. The maximum atomic E-state index is 13.5. The highest BCUT2D eigenvalue weighted by Gasteiger charge is 2.38. The molecule has 8 heteroatoms. The number of aliphatic carboxylic acids is 1. The first-order valence-electron chi connectivity index (χ1n) is 10.0. The van der Waals surface area contributed by atoms with Crippen LogP contribution in [-0.2, 0) is 15.8 Å². The summed E-state index contributed by atoms with van der Waals surface area (Å²) in [4.78, 5) is 30.6. The van der Waals surface area contributed by atoms with E-state index in [0.717, 1.165) is 23.1 Å². The molecule has 1 amide bonds. The third-order valence-electron chi connectivity index (χ3n) is 5.49. The minimum absolute atomic E-state index is 0.0871. The first kappa shape index (κ1) is 22.5. The summed E-state index contributed by atoms with van der Waals surface area (Å²) in [6.07, 6.45) is -3.37. The van der Waals surface area contributed by atoms with Gasteiger partial charge in [0.2, 0.25) is 0 Å². The number of amides is 1. The molecule has 0 spiro atoms. The topological polar surface area (TPSA) is 70.0 Å². The zero-order chi connectivity index (χ0) is 22.8. The van der Waals surface area contributed by atoms with Crippen molar-refractivity contribution in [2.24, 2.45) is 10.9 Å². The van der Waals surface area contributed by atoms with Gasteiger partial charge in [-0.1, -0.05) is 57.0 Å². The number of nitrogens with zero attached hydrogens (tertiary/aromatic N) is 2. The average molecular weight is 432 g/mol. The van der Waals surface area contributed by atoms with Crippen molar-refractivity contribution < 1.29 is 27.9 Å². The van der Waals surface area contributed by atoms with Crippen LogP contribution in [-0.4, -0.2) is 35.3 Å². The molecule has 1 aliphatic heterocycles. The third-order valence-corrected chi connectivity index (χ3v) is 5.49. The van der Waals surface area contributed by atoms with Crippen LogP contribution in [0.3, 0.4) is 0 Å². The van der Waals surface area contributed by atoms with Crippen LogP contribution in [0.1, 0.15) is 43.4 Å². The van der Waals surface area contributed by atoms with E-state index in [0.29, 0.717) is 18.4 Å². The number of carboxylic acid groups (broad SMARTS) is 1. The Bertz CT molecular complexity index is 999. The van der Waals surface area contributed by atoms with E-state index in [4.69, 9.17) is 0 Å². The van der Waals surface area contributed by atoms with Crippen molar-refractivity contribution in [1.29, 1.82) is 0 Å². The fourth-order valence-corrected chi connectivity index (χ4v) is 3.85. The highest BCUT2D eigenvalue weighted by Crippen LogP contribution is 2.37. The standard InChI is InChI=1S/C23H23F3N2O3/c1-3-14(4-2)21-22(31)28(13-19(29)30)18-11-10-16(23(24,25)26)12-17(18)20(27-21)15-8-6-5-7-9-15/h5-12,14,21H,3-4,13H2,1-2H3,(H,29,30). The zero-order valence-electron chi connectivity index (χ0n) is 17.2. The second kappa shape index (κ2) is 8.91. The number of rotatable bonds is 6. The molecule has 5 nitrogen and oxygen atoms in total. The van der Waals surface area contributed by atoms with Crippen molar-refractivity contribution in [3.05, 3.63) is 65.2 Å². The minimum atomic E-state index is -4.60. The van der Waals surface area contributed by atoms with E-state index in [1.807, 2.05) is 13.8 Å². The predicted molar refractivity (Wildman–Crippen MR) is 111 cm³/mol. The molecule has 0 aliphatic carbocycles. The molecule has 0 aromatic heterocycles. The lowest BCUT2D eigenvalue weighted by molar-refractivity contribution is -0.138. The number of benzene rings is 2. The Hall–Kier alpha value is -3.16. The lowest BCUT2D eigenvalue weighted by Crippen LogP contribution is -2.43. The number of carboxylic acids is 1. The molecule has 1 heterocycles. The summed E-state index contributed by atoms with van der Waals surface area (Å²) >= 11 is 0. The van der Waals surface area contributed by atoms with Gasteiger partial charge in [-0.3, -0.25) is 19.5 Å². The van der Waals surface area contributed by atoms with Gasteiger partial charge < -0.3 is 5.11 Å². The van der Waals surface area contributed by atoms with Crippen LogP contribution in [0, 0.1) is 5.92 Å². The quantitative estimate of drug-likeness (QED) is 0.714. The molecule has 1 N–H and O–H groups in total. The number of fused-ring (bicyclic) bond motifs is 1. The highest BCUT2D eigenvalue weighted by atomic mass is 19.4. The summed E-state index contributed by atoms with van der Waals surface area (Å²) in [5.74, 6) is -1.97. The molecule has 0 radical (unpaired) electrons. The Kier molecular flexibility index (Phi) is 6.48. The number of aliphatic imine (C=N–C) groups is 1. The van der Waals surface area contributed by atoms with E-state index in [1.54, 1.807) is 30.3 Å². The van der Waals surface area contributed by atoms with Gasteiger partial charge in [-0.25, -0.2) is 0 Å². The SMILES string of the molecule is CCC(CC)C1N=C(c2ccccc2)c2cc(C(F)(F)F)ccc2N(CC(=O)O)C1=O. The second-order valence-electron chi connectivity index (χ2n) is 7.41. The highest BCUT2D eigenvalue weighted by molar-refractivity contribution is 6.20. The normalized spacial score (nSPS) is 16.7. The van der Waals surface area contributed by atoms with E-state index in [1.165, 1.54) is 0 Å². The molecular weight excluding hydrogens is 409 g/mol. The Morgan fingerprint density at radius 1 is 1.13 bits per heavy atom. The molecule has 1 unspecified atom stereocenters. The van der Waals surface area contributed by atoms with Crippen molar-refractivity contribution in [2.75, 3.05) is 11.4 Å². The van der Waals surface area contributed by atoms with Gasteiger partial charge in [-0.15, -0.1) is 0 Å². The zero-order valence-corrected chi connectivity index (χ0v) is 17.2. The van der Waals surface area contributed by atoms with Gasteiger partial charge in [0.1, 0.15) is 12.6 Å². The van der Waals surface area contributed by atoms with Gasteiger partial charge in [0, 0.05) is 11.1 Å². The number of carbonyl (C=O) groups is 2. The summed E-state index contributed by atoms with van der Waals surface area (Å²) in [6, 6.07) is 10.7. The summed E-state index contributed by atoms with van der Waals surface area (Å²) in [5.41, 5.74) is 0.114. The maximum absolute atomic E-state index is 13.5. The lowest BCUT2D eigenvalue weighted by Gasteiger charge is -2.27. The number of alkyl halides is 3. The van der Waals surface area contributed by atoms with Crippen molar-refractivity contribution in [3.63, 3.8) is 0 Å². The molecule has 2 aromatic rings. The fraction of sp³-hybridized carbons (Fsp3) is 0.348. The molecule has 1 atom stereocenters. The molecular formula is C23H23F3N2O3. The Labute approximate surface area is 178 Å². The number of carbonyl (C=O) groups excluding carboxylic acids is 1. The van der Waals surface area contributed by atoms with Crippen LogP contribution in [0.2, 0.25) is 0 Å². The van der Waals surface area contributed by atoms with Gasteiger partial charge in [-0.2, -0.15) is 13.2 Å². The minimum Gasteiger partial charge on any atom is -0.480 e. The van der Waals surface area contributed by atoms with Gasteiger partial charge in [0.25, 0.3) is 5.91 Å². The van der Waals surface area contributed by atoms with Crippen LogP contribution in [0.15, 0.2) is 53.5 Å². The van der Waals surface area contributed by atoms with Crippen LogP contribution in [0.5, 0.6) is 0 Å². The third kappa shape index (κ3) is 4.62. The molecule has 3 rings (SSSR count). The molecule has 31 heavy (non-hydrogen) atoms. The van der Waals surface area contributed by atoms with E-state index < -0.39 is 36.2 Å². The second-order valence-corrected chi connectivity index (χ2v) is 7.41. The number of benzodiazepines with no additional fused rings is 1. The molecule has 0 saturated heterocycles. The van der Waals surface area contributed by atoms with Crippen LogP contribution in [0.4, 0.5) is 18.9 Å². The van der Waals surface area contributed by atoms with E-state index in [2.05, 4.69) is 4.99 Å². The fourth-order valence-electron chi connectivity index (χ4n) is 3.85. The largest absolute Gasteiger partial charge is 0.480 e. The van der Waals surface area contributed by atoms with Gasteiger partial charge in [-0.05, 0) is 24.1 Å². The molecule has 0 bridgehead atoms. The van der Waals surface area contributed by atoms with Crippen LogP contribution in [0.25, 0.3) is 0 Å². The number of anilines is 1. The monoisotopic (exact) mass is 432 g/mol. The van der Waals surface area contributed by atoms with Crippen molar-refractivity contribution in [2.45, 2.75) is 38.9 Å². The van der Waals surface area contributed by atoms with Crippen LogP contribution >= 0.6 is 0 Å². The summed E-state index contributed by atoms with van der Waals surface area (Å²) < 4.78 is 40.4. The first-order chi connectivity index (χ1) is 14.7.